The van der Waals surface area contributed by atoms with E-state index in [1.807, 2.05) is 24.4 Å². The summed E-state index contributed by atoms with van der Waals surface area (Å²) in [7, 11) is 3.81. The summed E-state index contributed by atoms with van der Waals surface area (Å²) in [6, 6.07) is 3.54. The number of hydrogen-bond acceptors (Lipinski definition) is 5. The monoisotopic (exact) mass is 353 g/mol. The highest BCUT2D eigenvalue weighted by Gasteiger charge is 2.40. The van der Waals surface area contributed by atoms with Crippen LogP contribution in [0, 0.1) is 0 Å². The van der Waals surface area contributed by atoms with Gasteiger partial charge in [0.2, 0.25) is 5.91 Å². The van der Waals surface area contributed by atoms with Gasteiger partial charge in [-0.25, -0.2) is 0 Å². The Kier molecular flexibility index (Phi) is 5.67. The minimum Gasteiger partial charge on any atom is -0.387 e. The number of hydrogen-bond donors (Lipinski definition) is 2. The summed E-state index contributed by atoms with van der Waals surface area (Å²) in [5.74, 6) is -0.409. The topological polar surface area (TPSA) is 72.9 Å². The molecule has 1 saturated heterocycles. The van der Waals surface area contributed by atoms with Crippen LogP contribution in [0.1, 0.15) is 36.4 Å². The number of thiophene rings is 1. The third-order valence-corrected chi connectivity index (χ3v) is 5.03. The van der Waals surface area contributed by atoms with Gasteiger partial charge in [0.1, 0.15) is 5.54 Å². The van der Waals surface area contributed by atoms with E-state index < -0.39 is 11.1 Å². The molecule has 1 atom stereocenters. The Morgan fingerprint density at radius 1 is 1.46 bits per heavy atom. The fourth-order valence-electron chi connectivity index (χ4n) is 3.21. The minimum atomic E-state index is -1.02. The predicted octanol–water partition coefficient (Wildman–Crippen LogP) is 1.17. The molecule has 0 aromatic carbocycles. The van der Waals surface area contributed by atoms with Gasteiger partial charge in [0.15, 0.2) is 0 Å². The number of likely N-dealkylation sites (N-methyl/N-ethyl adjacent to an activating group) is 1. The molecule has 2 rings (SSSR count). The molecule has 1 aliphatic rings. The number of carbonyl (C=O) groups is 2. The number of aliphatic hydroxyl groups is 1. The van der Waals surface area contributed by atoms with Crippen molar-refractivity contribution in [3.63, 3.8) is 0 Å². The molecular weight excluding hydrogens is 326 g/mol. The van der Waals surface area contributed by atoms with Crippen molar-refractivity contribution >= 4 is 23.2 Å². The average Bonchev–Trinajstić information content (AvgIpc) is 2.98. The van der Waals surface area contributed by atoms with Crippen molar-refractivity contribution in [1.29, 1.82) is 0 Å². The summed E-state index contributed by atoms with van der Waals surface area (Å²) in [5, 5.41) is 15.4. The second-order valence-corrected chi connectivity index (χ2v) is 8.30. The molecule has 6 nitrogen and oxygen atoms in total. The molecule has 2 amide bonds. The number of amides is 2. The summed E-state index contributed by atoms with van der Waals surface area (Å²) in [4.78, 5) is 29.3. The summed E-state index contributed by atoms with van der Waals surface area (Å²) in [6.07, 6.45) is 1.43. The highest BCUT2D eigenvalue weighted by atomic mass is 32.1. The van der Waals surface area contributed by atoms with Gasteiger partial charge in [0, 0.05) is 13.1 Å². The molecule has 2 heterocycles. The van der Waals surface area contributed by atoms with Gasteiger partial charge in [-0.1, -0.05) is 6.07 Å². The van der Waals surface area contributed by atoms with Crippen molar-refractivity contribution in [2.24, 2.45) is 0 Å². The SMILES string of the molecule is CN(C)C[C@@]1(O)CCCN(C(=O)C(C)(C)NC(=O)c2cccs2)C1. The van der Waals surface area contributed by atoms with Crippen LogP contribution in [0.15, 0.2) is 17.5 Å². The van der Waals surface area contributed by atoms with E-state index in [9.17, 15) is 14.7 Å². The molecule has 0 radical (unpaired) electrons. The molecule has 2 N–H and O–H groups in total. The predicted molar refractivity (Wildman–Crippen MR) is 95.2 cm³/mol. The smallest absolute Gasteiger partial charge is 0.262 e. The maximum absolute atomic E-state index is 12.9. The zero-order valence-corrected chi connectivity index (χ0v) is 15.7. The van der Waals surface area contributed by atoms with Gasteiger partial charge in [0.05, 0.1) is 17.0 Å². The molecule has 0 aliphatic carbocycles. The van der Waals surface area contributed by atoms with Crippen LogP contribution < -0.4 is 5.32 Å². The fourth-order valence-corrected chi connectivity index (χ4v) is 3.82. The van der Waals surface area contributed by atoms with Gasteiger partial charge >= 0.3 is 0 Å². The number of nitrogens with zero attached hydrogens (tertiary/aromatic N) is 2. The molecule has 1 fully saturated rings. The number of likely N-dealkylation sites (tertiary alicyclic amines) is 1. The van der Waals surface area contributed by atoms with Gasteiger partial charge in [-0.15, -0.1) is 11.3 Å². The first-order valence-corrected chi connectivity index (χ1v) is 9.03. The first-order valence-electron chi connectivity index (χ1n) is 8.15. The quantitative estimate of drug-likeness (QED) is 0.834. The number of rotatable bonds is 5. The van der Waals surface area contributed by atoms with Crippen LogP contribution in [0.2, 0.25) is 0 Å². The largest absolute Gasteiger partial charge is 0.387 e. The number of nitrogens with one attached hydrogen (secondary N) is 1. The normalized spacial score (nSPS) is 21.8. The Balaban J connectivity index is 2.04. The van der Waals surface area contributed by atoms with Crippen molar-refractivity contribution in [1.82, 2.24) is 15.1 Å². The highest BCUT2D eigenvalue weighted by molar-refractivity contribution is 7.12. The molecular formula is C17H27N3O3S. The van der Waals surface area contributed by atoms with E-state index in [4.69, 9.17) is 0 Å². The van der Waals surface area contributed by atoms with E-state index in [2.05, 4.69) is 5.32 Å². The molecule has 1 aromatic rings. The lowest BCUT2D eigenvalue weighted by Gasteiger charge is -2.43. The second-order valence-electron chi connectivity index (χ2n) is 7.35. The lowest BCUT2D eigenvalue weighted by atomic mass is 9.90. The molecule has 1 aromatic heterocycles. The second kappa shape index (κ2) is 7.21. The average molecular weight is 353 g/mol. The van der Waals surface area contributed by atoms with Crippen LogP contribution in [-0.2, 0) is 4.79 Å². The van der Waals surface area contributed by atoms with E-state index in [0.29, 0.717) is 30.9 Å². The lowest BCUT2D eigenvalue weighted by Crippen LogP contribution is -2.61. The Hall–Kier alpha value is -1.44. The van der Waals surface area contributed by atoms with Crippen LogP contribution in [-0.4, -0.2) is 71.6 Å². The van der Waals surface area contributed by atoms with E-state index in [-0.39, 0.29) is 11.8 Å². The van der Waals surface area contributed by atoms with Crippen molar-refractivity contribution in [2.75, 3.05) is 33.7 Å². The Morgan fingerprint density at radius 2 is 2.17 bits per heavy atom. The Morgan fingerprint density at radius 3 is 2.75 bits per heavy atom. The van der Waals surface area contributed by atoms with Crippen LogP contribution in [0.5, 0.6) is 0 Å². The van der Waals surface area contributed by atoms with E-state index in [0.717, 1.165) is 6.42 Å². The maximum atomic E-state index is 12.9. The van der Waals surface area contributed by atoms with Crippen molar-refractivity contribution in [3.05, 3.63) is 22.4 Å². The number of carbonyl (C=O) groups excluding carboxylic acids is 2. The van der Waals surface area contributed by atoms with Crippen molar-refractivity contribution < 1.29 is 14.7 Å². The van der Waals surface area contributed by atoms with E-state index in [1.54, 1.807) is 30.9 Å². The molecule has 0 saturated carbocycles. The Bertz CT molecular complexity index is 586. The van der Waals surface area contributed by atoms with Crippen molar-refractivity contribution in [3.8, 4) is 0 Å². The first-order chi connectivity index (χ1) is 11.1. The fraction of sp³-hybridized carbons (Fsp3) is 0.647. The van der Waals surface area contributed by atoms with Gasteiger partial charge in [-0.05, 0) is 52.2 Å². The van der Waals surface area contributed by atoms with Gasteiger partial charge in [-0.2, -0.15) is 0 Å². The molecule has 0 bridgehead atoms. The molecule has 1 aliphatic heterocycles. The zero-order chi connectivity index (χ0) is 18.0. The summed E-state index contributed by atoms with van der Waals surface area (Å²) < 4.78 is 0. The van der Waals surface area contributed by atoms with Crippen LogP contribution in [0.25, 0.3) is 0 Å². The van der Waals surface area contributed by atoms with E-state index >= 15 is 0 Å². The van der Waals surface area contributed by atoms with Crippen molar-refractivity contribution in [2.45, 2.75) is 37.8 Å². The zero-order valence-electron chi connectivity index (χ0n) is 14.8. The third kappa shape index (κ3) is 4.55. The number of β-amino-alcohol motifs (C(OH)–C–C–N with tert-alkyl or cyclic N) is 1. The lowest BCUT2D eigenvalue weighted by molar-refractivity contribution is -0.144. The summed E-state index contributed by atoms with van der Waals surface area (Å²) >= 11 is 1.34. The summed E-state index contributed by atoms with van der Waals surface area (Å²) in [5.41, 5.74) is -1.91. The van der Waals surface area contributed by atoms with Gasteiger partial charge in [0.25, 0.3) is 5.91 Å². The van der Waals surface area contributed by atoms with Gasteiger partial charge in [-0.3, -0.25) is 9.59 Å². The maximum Gasteiger partial charge on any atom is 0.262 e. The van der Waals surface area contributed by atoms with Crippen LogP contribution in [0.3, 0.4) is 0 Å². The minimum absolute atomic E-state index is 0.163. The molecule has 24 heavy (non-hydrogen) atoms. The highest BCUT2D eigenvalue weighted by Crippen LogP contribution is 2.24. The van der Waals surface area contributed by atoms with E-state index in [1.165, 1.54) is 11.3 Å². The standard InChI is InChI=1S/C17H27N3O3S/c1-16(2,18-14(21)13-7-5-10-24-13)15(22)20-9-6-8-17(23,12-20)11-19(3)4/h5,7,10,23H,6,8-9,11-12H2,1-4H3,(H,18,21)/t17-/m0/s1. The van der Waals surface area contributed by atoms with Crippen LogP contribution >= 0.6 is 11.3 Å². The molecule has 0 unspecified atom stereocenters. The van der Waals surface area contributed by atoms with Gasteiger partial charge < -0.3 is 20.2 Å². The molecule has 134 valence electrons. The summed E-state index contributed by atoms with van der Waals surface area (Å²) in [6.45, 7) is 4.83. The number of piperidine rings is 1. The Labute approximate surface area is 147 Å². The molecule has 0 spiro atoms. The third-order valence-electron chi connectivity index (χ3n) is 4.16. The van der Waals surface area contributed by atoms with Crippen LogP contribution in [0.4, 0.5) is 0 Å². The first kappa shape index (κ1) is 18.9. The molecule has 7 heteroatoms.